The third kappa shape index (κ3) is 9.05. The van der Waals surface area contributed by atoms with Gasteiger partial charge in [-0.3, -0.25) is 9.69 Å². The molecule has 1 heterocycles. The molecule has 2 aliphatic rings. The fourth-order valence-electron chi connectivity index (χ4n) is 6.00. The van der Waals surface area contributed by atoms with Crippen LogP contribution in [-0.2, 0) is 25.9 Å². The molecule has 8 nitrogen and oxygen atoms in total. The van der Waals surface area contributed by atoms with Crippen molar-refractivity contribution in [3.05, 3.63) is 59.2 Å². The molecule has 1 saturated carbocycles. The van der Waals surface area contributed by atoms with Crippen LogP contribution in [0.1, 0.15) is 66.4 Å². The first kappa shape index (κ1) is 32.5. The molecule has 1 saturated heterocycles. The highest BCUT2D eigenvalue weighted by Crippen LogP contribution is 2.32. The van der Waals surface area contributed by atoms with Crippen molar-refractivity contribution in [2.24, 2.45) is 0 Å². The average molecular weight is 617 g/mol. The van der Waals surface area contributed by atoms with Crippen LogP contribution in [-0.4, -0.2) is 85.2 Å². The van der Waals surface area contributed by atoms with Gasteiger partial charge in [-0.2, -0.15) is 11.8 Å². The summed E-state index contributed by atoms with van der Waals surface area (Å²) < 4.78 is 29.7. The third-order valence-corrected chi connectivity index (χ3v) is 10.4. The zero-order chi connectivity index (χ0) is 30.3. The van der Waals surface area contributed by atoms with Crippen molar-refractivity contribution >= 4 is 33.5 Å². The Kier molecular flexibility index (Phi) is 11.5. The number of ether oxygens (including phenoxy) is 1. The van der Waals surface area contributed by atoms with Crippen molar-refractivity contribution < 1.29 is 27.9 Å². The summed E-state index contributed by atoms with van der Waals surface area (Å²) in [6.45, 7) is 4.42. The van der Waals surface area contributed by atoms with Crippen molar-refractivity contribution in [3.63, 3.8) is 0 Å². The molecule has 2 unspecified atom stereocenters. The first-order valence-corrected chi connectivity index (χ1v) is 18.2. The minimum Gasteiger partial charge on any atom is -0.480 e. The second-order valence-electron chi connectivity index (χ2n) is 11.7. The van der Waals surface area contributed by atoms with Crippen molar-refractivity contribution in [1.29, 1.82) is 0 Å². The number of aliphatic carboxylic acids is 1. The lowest BCUT2D eigenvalue weighted by molar-refractivity contribution is -0.139. The second kappa shape index (κ2) is 14.9. The summed E-state index contributed by atoms with van der Waals surface area (Å²) in [5.41, 5.74) is 4.05. The number of nitrogens with one attached hydrogen (secondary N) is 1. The summed E-state index contributed by atoms with van der Waals surface area (Å²) in [6.07, 6.45) is 10.6. The number of sulfone groups is 1. The molecule has 3 atom stereocenters. The number of thioether (sulfide) groups is 1. The number of hydrogen-bond acceptors (Lipinski definition) is 7. The van der Waals surface area contributed by atoms with Gasteiger partial charge in [0.2, 0.25) is 0 Å². The van der Waals surface area contributed by atoms with E-state index in [0.717, 1.165) is 67.5 Å². The van der Waals surface area contributed by atoms with E-state index in [-0.39, 0.29) is 12.2 Å². The van der Waals surface area contributed by atoms with Gasteiger partial charge in [0.05, 0.1) is 18.5 Å². The number of carbonyl (C=O) groups is 2. The number of carbonyl (C=O) groups excluding carboxylic acids is 1. The third-order valence-electron chi connectivity index (χ3n) is 8.43. The molecule has 1 amide bonds. The maximum absolute atomic E-state index is 13.5. The molecule has 2 aromatic rings. The summed E-state index contributed by atoms with van der Waals surface area (Å²) in [5.74, 6) is -2.13. The van der Waals surface area contributed by atoms with Crippen LogP contribution in [0.5, 0.6) is 0 Å². The highest BCUT2D eigenvalue weighted by Gasteiger charge is 2.33. The quantitative estimate of drug-likeness (QED) is 0.326. The van der Waals surface area contributed by atoms with Crippen molar-refractivity contribution in [2.45, 2.75) is 81.9 Å². The summed E-state index contributed by atoms with van der Waals surface area (Å²) >= 11 is 1.90. The molecule has 1 aliphatic carbocycles. The number of nitrogens with zero attached hydrogens (tertiary/aromatic N) is 1. The Morgan fingerprint density at radius 1 is 1.12 bits per heavy atom. The minimum atomic E-state index is -3.38. The first-order valence-electron chi connectivity index (χ1n) is 14.8. The van der Waals surface area contributed by atoms with Crippen molar-refractivity contribution in [3.8, 4) is 11.1 Å². The summed E-state index contributed by atoms with van der Waals surface area (Å²) in [4.78, 5) is 27.8. The molecule has 0 radical (unpaired) electrons. The second-order valence-corrected chi connectivity index (χ2v) is 15.1. The Bertz CT molecular complexity index is 1340. The van der Waals surface area contributed by atoms with E-state index in [9.17, 15) is 23.1 Å². The largest absolute Gasteiger partial charge is 0.480 e. The van der Waals surface area contributed by atoms with Gasteiger partial charge in [0, 0.05) is 36.2 Å². The average Bonchev–Trinajstić information content (AvgIpc) is 3.35. The van der Waals surface area contributed by atoms with Gasteiger partial charge in [-0.1, -0.05) is 49.6 Å². The lowest BCUT2D eigenvalue weighted by Crippen LogP contribution is -2.42. The van der Waals surface area contributed by atoms with Gasteiger partial charge in [0.15, 0.2) is 0 Å². The Hall–Kier alpha value is -2.40. The number of aryl methyl sites for hydroxylation is 1. The van der Waals surface area contributed by atoms with Gasteiger partial charge in [-0.15, -0.1) is 0 Å². The van der Waals surface area contributed by atoms with Crippen LogP contribution < -0.4 is 5.32 Å². The molecule has 2 N–H and O–H groups in total. The van der Waals surface area contributed by atoms with Crippen molar-refractivity contribution in [2.75, 3.05) is 31.4 Å². The topological polar surface area (TPSA) is 113 Å². The summed E-state index contributed by atoms with van der Waals surface area (Å²) in [6, 6.07) is 12.6. The van der Waals surface area contributed by atoms with E-state index in [1.807, 2.05) is 55.1 Å². The van der Waals surface area contributed by atoms with Gasteiger partial charge < -0.3 is 15.2 Å². The fourth-order valence-corrected chi connectivity index (χ4v) is 7.42. The zero-order valence-electron chi connectivity index (χ0n) is 24.9. The minimum absolute atomic E-state index is 0.201. The SMILES string of the molecule is CSC1C[C@@H](COC2CCCCC2)N(Cc2ccc(C(=O)NC(CCS(C)(=O)=O)C(=O)O)c(-c3ccccc3C)c2)C1. The molecule has 10 heteroatoms. The molecular formula is C32H44N2O6S2. The predicted molar refractivity (Wildman–Crippen MR) is 169 cm³/mol. The van der Waals surface area contributed by atoms with E-state index in [1.54, 1.807) is 6.07 Å². The standard InChI is InChI=1S/C32H44N2O6S2/c1-22-9-7-8-12-27(22)29-17-23(13-14-28(29)31(35)33-30(32(36)37)15-16-42(3,38)39)19-34-20-26(41-2)18-24(34)21-40-25-10-5-4-6-11-25/h7-9,12-14,17,24-26,30H,4-6,10-11,15-16,18-21H2,1-3H3,(H,33,35)(H,36,37)/t24-,26?,30?/m0/s1. The Labute approximate surface area is 254 Å². The van der Waals surface area contributed by atoms with Crippen LogP contribution in [0.2, 0.25) is 0 Å². The zero-order valence-corrected chi connectivity index (χ0v) is 26.5. The number of likely N-dealkylation sites (tertiary alicyclic amines) is 1. The number of benzene rings is 2. The van der Waals surface area contributed by atoms with Crippen LogP contribution >= 0.6 is 11.8 Å². The van der Waals surface area contributed by atoms with E-state index in [1.165, 1.54) is 19.3 Å². The number of hydrogen-bond donors (Lipinski definition) is 2. The van der Waals surface area contributed by atoms with Crippen LogP contribution in [0.25, 0.3) is 11.1 Å². The number of carboxylic acid groups (broad SMARTS) is 1. The number of rotatable bonds is 13. The molecule has 0 spiro atoms. The van der Waals surface area contributed by atoms with Crippen molar-refractivity contribution in [1.82, 2.24) is 10.2 Å². The van der Waals surface area contributed by atoms with Gasteiger partial charge in [-0.05, 0) is 73.2 Å². The maximum Gasteiger partial charge on any atom is 0.326 e. The number of carboxylic acids is 1. The first-order chi connectivity index (χ1) is 20.0. The van der Waals surface area contributed by atoms with Gasteiger partial charge in [0.25, 0.3) is 5.91 Å². The molecule has 2 fully saturated rings. The van der Waals surface area contributed by atoms with E-state index >= 15 is 0 Å². The van der Waals surface area contributed by atoms with Crippen LogP contribution in [0, 0.1) is 6.92 Å². The normalized spacial score (nSPS) is 20.8. The molecule has 0 bridgehead atoms. The molecule has 230 valence electrons. The molecule has 42 heavy (non-hydrogen) atoms. The van der Waals surface area contributed by atoms with Crippen LogP contribution in [0.4, 0.5) is 0 Å². The molecule has 1 aliphatic heterocycles. The van der Waals surface area contributed by atoms with E-state index in [0.29, 0.717) is 23.0 Å². The Morgan fingerprint density at radius 2 is 1.86 bits per heavy atom. The van der Waals surface area contributed by atoms with Gasteiger partial charge in [-0.25, -0.2) is 13.2 Å². The van der Waals surface area contributed by atoms with E-state index in [4.69, 9.17) is 4.74 Å². The lowest BCUT2D eigenvalue weighted by atomic mass is 9.93. The monoisotopic (exact) mass is 616 g/mol. The Balaban J connectivity index is 1.57. The van der Waals surface area contributed by atoms with Crippen LogP contribution in [0.15, 0.2) is 42.5 Å². The van der Waals surface area contributed by atoms with E-state index in [2.05, 4.69) is 16.5 Å². The molecule has 0 aromatic heterocycles. The fraction of sp³-hybridized carbons (Fsp3) is 0.562. The van der Waals surface area contributed by atoms with Gasteiger partial charge in [0.1, 0.15) is 15.9 Å². The summed E-state index contributed by atoms with van der Waals surface area (Å²) in [7, 11) is -3.38. The predicted octanol–water partition coefficient (Wildman–Crippen LogP) is 4.93. The van der Waals surface area contributed by atoms with Gasteiger partial charge >= 0.3 is 5.97 Å². The van der Waals surface area contributed by atoms with Crippen LogP contribution in [0.3, 0.4) is 0 Å². The number of amides is 1. The smallest absolute Gasteiger partial charge is 0.326 e. The van der Waals surface area contributed by atoms with E-state index < -0.39 is 27.8 Å². The molecule has 4 rings (SSSR count). The lowest BCUT2D eigenvalue weighted by Gasteiger charge is -2.28. The maximum atomic E-state index is 13.5. The summed E-state index contributed by atoms with van der Waals surface area (Å²) in [5, 5.41) is 12.8. The Morgan fingerprint density at radius 3 is 2.52 bits per heavy atom. The molecular weight excluding hydrogens is 572 g/mol. The highest BCUT2D eigenvalue weighted by molar-refractivity contribution is 7.99. The molecule has 2 aromatic carbocycles. The highest BCUT2D eigenvalue weighted by atomic mass is 32.2.